The SMILES string of the molecule is CCCCOc1ccc(C=CC(=O)c2ccccc2O)cc1. The summed E-state index contributed by atoms with van der Waals surface area (Å²) in [5.41, 5.74) is 1.21. The van der Waals surface area contributed by atoms with Gasteiger partial charge in [-0.2, -0.15) is 0 Å². The zero-order valence-electron chi connectivity index (χ0n) is 12.7. The van der Waals surface area contributed by atoms with Crippen LogP contribution in [0.25, 0.3) is 6.08 Å². The molecule has 0 aromatic heterocycles. The van der Waals surface area contributed by atoms with Crippen LogP contribution >= 0.6 is 0 Å². The Bertz CT molecular complexity index is 642. The van der Waals surface area contributed by atoms with Crippen LogP contribution < -0.4 is 4.74 Å². The minimum absolute atomic E-state index is 0.00294. The van der Waals surface area contributed by atoms with Crippen molar-refractivity contribution in [3.05, 3.63) is 65.7 Å². The summed E-state index contributed by atoms with van der Waals surface area (Å²) in [6.07, 6.45) is 5.33. The molecule has 0 radical (unpaired) electrons. The van der Waals surface area contributed by atoms with Crippen molar-refractivity contribution in [2.24, 2.45) is 0 Å². The van der Waals surface area contributed by atoms with Gasteiger partial charge in [-0.15, -0.1) is 0 Å². The van der Waals surface area contributed by atoms with Gasteiger partial charge in [0.05, 0.1) is 12.2 Å². The molecule has 22 heavy (non-hydrogen) atoms. The zero-order chi connectivity index (χ0) is 15.8. The van der Waals surface area contributed by atoms with Crippen molar-refractivity contribution >= 4 is 11.9 Å². The molecule has 0 bridgehead atoms. The summed E-state index contributed by atoms with van der Waals surface area (Å²) in [5, 5.41) is 9.65. The first-order valence-corrected chi connectivity index (χ1v) is 7.44. The molecular weight excluding hydrogens is 276 g/mol. The number of rotatable bonds is 7. The van der Waals surface area contributed by atoms with Gasteiger partial charge in [0, 0.05) is 0 Å². The number of benzene rings is 2. The Hall–Kier alpha value is -2.55. The molecule has 0 heterocycles. The third-order valence-corrected chi connectivity index (χ3v) is 3.24. The van der Waals surface area contributed by atoms with E-state index in [1.165, 1.54) is 12.1 Å². The highest BCUT2D eigenvalue weighted by atomic mass is 16.5. The summed E-state index contributed by atoms with van der Waals surface area (Å²) in [6.45, 7) is 2.84. The normalized spacial score (nSPS) is 10.8. The molecule has 2 aromatic rings. The number of unbranched alkanes of at least 4 members (excludes halogenated alkanes) is 1. The van der Waals surface area contributed by atoms with Gasteiger partial charge in [-0.05, 0) is 42.3 Å². The number of hydrogen-bond acceptors (Lipinski definition) is 3. The number of para-hydroxylation sites is 1. The lowest BCUT2D eigenvalue weighted by molar-refractivity contribution is 0.104. The second-order valence-corrected chi connectivity index (χ2v) is 4.99. The smallest absolute Gasteiger partial charge is 0.189 e. The van der Waals surface area contributed by atoms with Crippen LogP contribution in [0.2, 0.25) is 0 Å². The molecule has 0 saturated heterocycles. The highest BCUT2D eigenvalue weighted by Crippen LogP contribution is 2.18. The van der Waals surface area contributed by atoms with Crippen molar-refractivity contribution in [1.82, 2.24) is 0 Å². The van der Waals surface area contributed by atoms with Gasteiger partial charge in [0.15, 0.2) is 5.78 Å². The molecule has 0 aliphatic rings. The molecule has 114 valence electrons. The average Bonchev–Trinajstić information content (AvgIpc) is 2.54. The fraction of sp³-hybridized carbons (Fsp3) is 0.211. The summed E-state index contributed by atoms with van der Waals surface area (Å²) in [5.74, 6) is 0.607. The van der Waals surface area contributed by atoms with E-state index in [4.69, 9.17) is 4.74 Å². The van der Waals surface area contributed by atoms with Gasteiger partial charge in [0.2, 0.25) is 0 Å². The predicted molar refractivity (Wildman–Crippen MR) is 88.3 cm³/mol. The van der Waals surface area contributed by atoms with Gasteiger partial charge < -0.3 is 9.84 Å². The fourth-order valence-electron chi connectivity index (χ4n) is 1.95. The summed E-state index contributed by atoms with van der Waals surface area (Å²) in [7, 11) is 0. The van der Waals surface area contributed by atoms with Crippen LogP contribution in [0.5, 0.6) is 11.5 Å². The molecule has 0 amide bonds. The molecule has 1 N–H and O–H groups in total. The summed E-state index contributed by atoms with van der Waals surface area (Å²) in [6, 6.07) is 14.1. The van der Waals surface area contributed by atoms with Crippen LogP contribution in [0.1, 0.15) is 35.7 Å². The van der Waals surface area contributed by atoms with E-state index >= 15 is 0 Å². The molecule has 0 spiro atoms. The molecular formula is C19H20O3. The first kappa shape index (κ1) is 15.8. The highest BCUT2D eigenvalue weighted by molar-refractivity contribution is 6.08. The van der Waals surface area contributed by atoms with E-state index in [1.807, 2.05) is 24.3 Å². The number of phenolic OH excluding ortho intramolecular Hbond substituents is 1. The molecule has 0 aliphatic carbocycles. The summed E-state index contributed by atoms with van der Waals surface area (Å²) in [4.78, 5) is 12.0. The van der Waals surface area contributed by atoms with Gasteiger partial charge in [0.1, 0.15) is 11.5 Å². The average molecular weight is 296 g/mol. The fourth-order valence-corrected chi connectivity index (χ4v) is 1.95. The molecule has 0 fully saturated rings. The number of phenols is 1. The van der Waals surface area contributed by atoms with Crippen LogP contribution in [-0.4, -0.2) is 17.5 Å². The van der Waals surface area contributed by atoms with Crippen molar-refractivity contribution in [3.8, 4) is 11.5 Å². The predicted octanol–water partition coefficient (Wildman–Crippen LogP) is 4.47. The molecule has 0 unspecified atom stereocenters. The Labute approximate surface area is 130 Å². The first-order valence-electron chi connectivity index (χ1n) is 7.44. The van der Waals surface area contributed by atoms with Crippen LogP contribution in [0, 0.1) is 0 Å². The third kappa shape index (κ3) is 4.48. The summed E-state index contributed by atoms with van der Waals surface area (Å²) >= 11 is 0. The number of hydrogen-bond donors (Lipinski definition) is 1. The molecule has 0 saturated carbocycles. The Morgan fingerprint density at radius 3 is 2.55 bits per heavy atom. The minimum atomic E-state index is -0.221. The molecule has 3 nitrogen and oxygen atoms in total. The lowest BCUT2D eigenvalue weighted by atomic mass is 10.1. The quantitative estimate of drug-likeness (QED) is 0.466. The lowest BCUT2D eigenvalue weighted by Crippen LogP contribution is -1.96. The topological polar surface area (TPSA) is 46.5 Å². The maximum Gasteiger partial charge on any atom is 0.189 e. The molecule has 0 aliphatic heterocycles. The van der Waals surface area contributed by atoms with Gasteiger partial charge in [-0.25, -0.2) is 0 Å². The van der Waals surface area contributed by atoms with Gasteiger partial charge in [0.25, 0.3) is 0 Å². The van der Waals surface area contributed by atoms with E-state index in [0.29, 0.717) is 5.56 Å². The number of carbonyl (C=O) groups is 1. The molecule has 0 atom stereocenters. The highest BCUT2D eigenvalue weighted by Gasteiger charge is 2.06. The minimum Gasteiger partial charge on any atom is -0.507 e. The third-order valence-electron chi connectivity index (χ3n) is 3.24. The second-order valence-electron chi connectivity index (χ2n) is 4.99. The number of aromatic hydroxyl groups is 1. The molecule has 3 heteroatoms. The number of allylic oxidation sites excluding steroid dienone is 1. The van der Waals surface area contributed by atoms with Crippen molar-refractivity contribution < 1.29 is 14.6 Å². The van der Waals surface area contributed by atoms with E-state index in [0.717, 1.165) is 30.8 Å². The standard InChI is InChI=1S/C19H20O3/c1-2-3-14-22-16-11-8-15(9-12-16)10-13-19(21)17-6-4-5-7-18(17)20/h4-13,20H,2-3,14H2,1H3. The maximum absolute atomic E-state index is 12.0. The van der Waals surface area contributed by atoms with Gasteiger partial charge in [-0.1, -0.05) is 43.7 Å². The van der Waals surface area contributed by atoms with Crippen molar-refractivity contribution in [2.45, 2.75) is 19.8 Å². The van der Waals surface area contributed by atoms with Crippen LogP contribution in [0.4, 0.5) is 0 Å². The number of carbonyl (C=O) groups excluding carboxylic acids is 1. The van der Waals surface area contributed by atoms with E-state index in [2.05, 4.69) is 6.92 Å². The number of ketones is 1. The molecule has 2 rings (SSSR count). The molecule has 2 aromatic carbocycles. The van der Waals surface area contributed by atoms with Crippen LogP contribution in [0.3, 0.4) is 0 Å². The monoisotopic (exact) mass is 296 g/mol. The van der Waals surface area contributed by atoms with E-state index < -0.39 is 0 Å². The first-order chi connectivity index (χ1) is 10.7. The second kappa shape index (κ2) is 8.03. The number of ether oxygens (including phenoxy) is 1. The Morgan fingerprint density at radius 1 is 1.14 bits per heavy atom. The van der Waals surface area contributed by atoms with Crippen molar-refractivity contribution in [3.63, 3.8) is 0 Å². The zero-order valence-corrected chi connectivity index (χ0v) is 12.7. The Kier molecular flexibility index (Phi) is 5.78. The summed E-state index contributed by atoms with van der Waals surface area (Å²) < 4.78 is 5.59. The Morgan fingerprint density at radius 2 is 1.86 bits per heavy atom. The van der Waals surface area contributed by atoms with E-state index in [-0.39, 0.29) is 11.5 Å². The van der Waals surface area contributed by atoms with Crippen LogP contribution in [-0.2, 0) is 0 Å². The largest absolute Gasteiger partial charge is 0.507 e. The Balaban J connectivity index is 1.98. The van der Waals surface area contributed by atoms with Crippen molar-refractivity contribution in [1.29, 1.82) is 0 Å². The van der Waals surface area contributed by atoms with Gasteiger partial charge >= 0.3 is 0 Å². The van der Waals surface area contributed by atoms with Crippen molar-refractivity contribution in [2.75, 3.05) is 6.61 Å². The van der Waals surface area contributed by atoms with Gasteiger partial charge in [-0.3, -0.25) is 4.79 Å². The van der Waals surface area contributed by atoms with E-state index in [9.17, 15) is 9.90 Å². The maximum atomic E-state index is 12.0. The van der Waals surface area contributed by atoms with E-state index in [1.54, 1.807) is 24.3 Å². The lowest BCUT2D eigenvalue weighted by Gasteiger charge is -2.05. The van der Waals surface area contributed by atoms with Crippen LogP contribution in [0.15, 0.2) is 54.6 Å².